The summed E-state index contributed by atoms with van der Waals surface area (Å²) < 4.78 is 0. The maximum Gasteiger partial charge on any atom is 0.322 e. The molecule has 2 unspecified atom stereocenters. The quantitative estimate of drug-likeness (QED) is 0.371. The summed E-state index contributed by atoms with van der Waals surface area (Å²) in [5.41, 5.74) is 6.92. The van der Waals surface area contributed by atoms with Crippen molar-refractivity contribution in [2.75, 3.05) is 23.7 Å². The lowest BCUT2D eigenvalue weighted by Gasteiger charge is -2.43. The Morgan fingerprint density at radius 2 is 2.22 bits per heavy atom. The van der Waals surface area contributed by atoms with E-state index in [1.54, 1.807) is 12.1 Å². The highest BCUT2D eigenvalue weighted by molar-refractivity contribution is 6.31. The predicted molar refractivity (Wildman–Crippen MR) is 89.1 cm³/mol. The van der Waals surface area contributed by atoms with Gasteiger partial charge < -0.3 is 21.4 Å². The van der Waals surface area contributed by atoms with Crippen molar-refractivity contribution in [2.24, 2.45) is 5.92 Å². The summed E-state index contributed by atoms with van der Waals surface area (Å²) in [5.74, 6) is -0.367. The third-order valence-electron chi connectivity index (χ3n) is 4.72. The largest absolute Gasteiger partial charge is 0.398 e. The van der Waals surface area contributed by atoms with Gasteiger partial charge in [-0.05, 0) is 18.6 Å². The maximum atomic E-state index is 12.2. The smallest absolute Gasteiger partial charge is 0.322 e. The van der Waals surface area contributed by atoms with E-state index in [4.69, 9.17) is 22.7 Å². The van der Waals surface area contributed by atoms with Gasteiger partial charge in [0.1, 0.15) is 5.54 Å². The summed E-state index contributed by atoms with van der Waals surface area (Å²) in [4.78, 5) is 25.7. The number of piperidine rings is 1. The lowest BCUT2D eigenvalue weighted by molar-refractivity contribution is -0.126. The normalized spacial score (nSPS) is 27.0. The molecule has 0 saturated carbocycles. The van der Waals surface area contributed by atoms with Crippen molar-refractivity contribution >= 4 is 41.1 Å². The highest BCUT2D eigenvalue weighted by Gasteiger charge is 2.52. The molecule has 0 aromatic heterocycles. The highest BCUT2D eigenvalue weighted by atomic mass is 35.5. The molecule has 2 aliphatic rings. The number of nitrogen functional groups attached to an aromatic ring is 1. The molecule has 3 rings (SSSR count). The molecule has 5 N–H and O–H groups in total. The van der Waals surface area contributed by atoms with Crippen LogP contribution >= 0.6 is 11.6 Å². The zero-order valence-electron chi connectivity index (χ0n) is 12.6. The molecule has 7 nitrogen and oxygen atoms in total. The highest BCUT2D eigenvalue weighted by Crippen LogP contribution is 2.36. The minimum absolute atomic E-state index is 0.0958. The Morgan fingerprint density at radius 3 is 2.78 bits per heavy atom. The fraction of sp³-hybridized carbons (Fsp3) is 0.400. The number of hydrogen-bond acceptors (Lipinski definition) is 5. The molecule has 0 aliphatic carbocycles. The fourth-order valence-corrected chi connectivity index (χ4v) is 3.65. The number of anilines is 2. The van der Waals surface area contributed by atoms with E-state index in [1.165, 1.54) is 6.21 Å². The molecule has 23 heavy (non-hydrogen) atoms. The molecule has 8 heteroatoms. The second kappa shape index (κ2) is 5.42. The van der Waals surface area contributed by atoms with Gasteiger partial charge in [0.05, 0.1) is 0 Å². The predicted octanol–water partition coefficient (Wildman–Crippen LogP) is 1.34. The SMILES string of the molecule is CC1CN(c2cc(Cl)cc(N)c2C=N)CCC12NC(=O)NC2=O. The Morgan fingerprint density at radius 1 is 1.48 bits per heavy atom. The van der Waals surface area contributed by atoms with Crippen LogP contribution in [0.1, 0.15) is 18.9 Å². The molecule has 0 radical (unpaired) electrons. The number of rotatable bonds is 2. The van der Waals surface area contributed by atoms with E-state index < -0.39 is 11.6 Å². The van der Waals surface area contributed by atoms with Crippen LogP contribution in [0.4, 0.5) is 16.2 Å². The average molecular weight is 336 g/mol. The Balaban J connectivity index is 1.91. The van der Waals surface area contributed by atoms with Gasteiger partial charge >= 0.3 is 6.03 Å². The number of nitrogens with zero attached hydrogens (tertiary/aromatic N) is 1. The number of carbonyl (C=O) groups excluding carboxylic acids is 2. The zero-order chi connectivity index (χ0) is 16.8. The van der Waals surface area contributed by atoms with E-state index in [2.05, 4.69) is 15.5 Å². The second-order valence-electron chi connectivity index (χ2n) is 6.05. The molecule has 2 aliphatic heterocycles. The molecule has 1 spiro atoms. The summed E-state index contributed by atoms with van der Waals surface area (Å²) in [6.45, 7) is 3.03. The Kier molecular flexibility index (Phi) is 3.68. The number of amides is 3. The minimum atomic E-state index is -0.859. The van der Waals surface area contributed by atoms with Gasteiger partial charge in [0, 0.05) is 47.2 Å². The number of nitrogens with two attached hydrogens (primary N) is 1. The van der Waals surface area contributed by atoms with Gasteiger partial charge in [-0.3, -0.25) is 10.1 Å². The summed E-state index contributed by atoms with van der Waals surface area (Å²) in [7, 11) is 0. The second-order valence-corrected chi connectivity index (χ2v) is 6.49. The molecular formula is C15H18ClN5O2. The first-order chi connectivity index (χ1) is 10.9. The first-order valence-electron chi connectivity index (χ1n) is 7.35. The maximum absolute atomic E-state index is 12.2. The third kappa shape index (κ3) is 2.41. The van der Waals surface area contributed by atoms with E-state index in [1.807, 2.05) is 6.92 Å². The molecule has 2 atom stereocenters. The summed E-state index contributed by atoms with van der Waals surface area (Å²) in [5, 5.41) is 13.2. The van der Waals surface area contributed by atoms with Crippen molar-refractivity contribution in [3.8, 4) is 0 Å². The molecule has 2 saturated heterocycles. The monoisotopic (exact) mass is 335 g/mol. The Bertz CT molecular complexity index is 707. The van der Waals surface area contributed by atoms with Gasteiger partial charge in [0.15, 0.2) is 0 Å². The zero-order valence-corrected chi connectivity index (χ0v) is 13.4. The number of benzene rings is 1. The average Bonchev–Trinajstić information content (AvgIpc) is 2.76. The van der Waals surface area contributed by atoms with Crippen molar-refractivity contribution in [3.05, 3.63) is 22.7 Å². The van der Waals surface area contributed by atoms with Crippen molar-refractivity contribution in [1.29, 1.82) is 5.41 Å². The van der Waals surface area contributed by atoms with Crippen LogP contribution in [0.15, 0.2) is 12.1 Å². The number of urea groups is 1. The van der Waals surface area contributed by atoms with Crippen molar-refractivity contribution in [1.82, 2.24) is 10.6 Å². The van der Waals surface area contributed by atoms with Crippen LogP contribution < -0.4 is 21.3 Å². The van der Waals surface area contributed by atoms with Crippen LogP contribution in [-0.4, -0.2) is 36.8 Å². The third-order valence-corrected chi connectivity index (χ3v) is 4.94. The fourth-order valence-electron chi connectivity index (χ4n) is 3.43. The first-order valence-corrected chi connectivity index (χ1v) is 7.73. The van der Waals surface area contributed by atoms with Crippen LogP contribution in [0.2, 0.25) is 5.02 Å². The molecule has 0 bridgehead atoms. The molecule has 1 aromatic rings. The summed E-state index contributed by atoms with van der Waals surface area (Å²) >= 11 is 6.09. The van der Waals surface area contributed by atoms with Gasteiger partial charge in [0.2, 0.25) is 0 Å². The molecule has 2 heterocycles. The van der Waals surface area contributed by atoms with Crippen molar-refractivity contribution in [2.45, 2.75) is 18.9 Å². The molecular weight excluding hydrogens is 318 g/mol. The van der Waals surface area contributed by atoms with Crippen LogP contribution in [0.25, 0.3) is 0 Å². The van der Waals surface area contributed by atoms with Crippen molar-refractivity contribution in [3.63, 3.8) is 0 Å². The Labute approximate surface area is 138 Å². The molecule has 1 aromatic carbocycles. The topological polar surface area (TPSA) is 111 Å². The minimum Gasteiger partial charge on any atom is -0.398 e. The number of nitrogens with one attached hydrogen (secondary N) is 3. The van der Waals surface area contributed by atoms with E-state index in [9.17, 15) is 9.59 Å². The van der Waals surface area contributed by atoms with Gasteiger partial charge in [-0.1, -0.05) is 18.5 Å². The number of carbonyl (C=O) groups is 2. The van der Waals surface area contributed by atoms with E-state index >= 15 is 0 Å². The van der Waals surface area contributed by atoms with Gasteiger partial charge in [-0.2, -0.15) is 0 Å². The van der Waals surface area contributed by atoms with Crippen LogP contribution in [0.3, 0.4) is 0 Å². The molecule has 2 fully saturated rings. The van der Waals surface area contributed by atoms with Crippen molar-refractivity contribution < 1.29 is 9.59 Å². The number of hydrogen-bond donors (Lipinski definition) is 4. The molecule has 3 amide bonds. The van der Waals surface area contributed by atoms with Gasteiger partial charge in [0.25, 0.3) is 5.91 Å². The van der Waals surface area contributed by atoms with Crippen LogP contribution in [0, 0.1) is 11.3 Å². The van der Waals surface area contributed by atoms with E-state index in [0.717, 1.165) is 5.69 Å². The lowest BCUT2D eigenvalue weighted by Crippen LogP contribution is -2.60. The number of imide groups is 1. The van der Waals surface area contributed by atoms with Crippen LogP contribution in [-0.2, 0) is 4.79 Å². The standard InChI is InChI=1S/C15H18ClN5O2/c1-8-7-21(3-2-15(8)13(22)19-14(23)20-15)12-5-9(16)4-11(18)10(12)6-17/h4-6,8,17H,2-3,7,18H2,1H3,(H2,19,20,22,23). The van der Waals surface area contributed by atoms with E-state index in [-0.39, 0.29) is 11.8 Å². The summed E-state index contributed by atoms with van der Waals surface area (Å²) in [6.07, 6.45) is 1.69. The molecule has 122 valence electrons. The van der Waals surface area contributed by atoms with Gasteiger partial charge in [-0.15, -0.1) is 0 Å². The van der Waals surface area contributed by atoms with Gasteiger partial charge in [-0.25, -0.2) is 4.79 Å². The number of halogens is 1. The summed E-state index contributed by atoms with van der Waals surface area (Å²) in [6, 6.07) is 2.95. The lowest BCUT2D eigenvalue weighted by atomic mass is 9.78. The Hall–Kier alpha value is -2.28. The first kappa shape index (κ1) is 15.6. The van der Waals surface area contributed by atoms with Crippen LogP contribution in [0.5, 0.6) is 0 Å². The van der Waals surface area contributed by atoms with E-state index in [0.29, 0.717) is 35.8 Å².